The molecule has 1 fully saturated rings. The van der Waals surface area contributed by atoms with Gasteiger partial charge in [0.05, 0.1) is 16.1 Å². The third-order valence-electron chi connectivity index (χ3n) is 5.52. The van der Waals surface area contributed by atoms with Crippen LogP contribution in [0.3, 0.4) is 0 Å². The van der Waals surface area contributed by atoms with E-state index in [9.17, 15) is 18.0 Å². The summed E-state index contributed by atoms with van der Waals surface area (Å²) in [5.41, 5.74) is 0.0995. The summed E-state index contributed by atoms with van der Waals surface area (Å²) >= 11 is 1.18. The molecule has 0 radical (unpaired) electrons. The molecular weight excluding hydrogens is 481 g/mol. The average Bonchev–Trinajstić information content (AvgIpc) is 3.29. The number of nitrogens with one attached hydrogen (secondary N) is 3. The van der Waals surface area contributed by atoms with E-state index in [2.05, 4.69) is 35.8 Å². The fraction of sp³-hybridized carbons (Fsp3) is 0.364. The number of carbonyl (C=O) groups excluding carboxylic acids is 1. The lowest BCUT2D eigenvalue weighted by Gasteiger charge is -2.33. The number of thiazole rings is 1. The van der Waals surface area contributed by atoms with Crippen LogP contribution in [0.4, 0.5) is 34.7 Å². The van der Waals surface area contributed by atoms with Gasteiger partial charge in [-0.15, -0.1) is 0 Å². The number of carbonyl (C=O) groups is 1. The SMILES string of the molecule is CNc1nccc(-c2cnc(NC(=O)Nc3ccc(CN4CCN(C)CC4)c(C(F)(F)F)c3)s2)n1. The normalized spacial score (nSPS) is 15.1. The third-order valence-corrected chi connectivity index (χ3v) is 6.46. The summed E-state index contributed by atoms with van der Waals surface area (Å²) in [6.45, 7) is 3.24. The Kier molecular flexibility index (Phi) is 7.48. The molecule has 3 heterocycles. The lowest BCUT2D eigenvalue weighted by atomic mass is 10.0. The Hall–Kier alpha value is -3.29. The minimum Gasteiger partial charge on any atom is -0.357 e. The molecule has 0 aliphatic carbocycles. The number of hydrogen-bond acceptors (Lipinski definition) is 8. The first-order chi connectivity index (χ1) is 16.7. The van der Waals surface area contributed by atoms with Crippen molar-refractivity contribution in [3.63, 3.8) is 0 Å². The molecule has 1 saturated heterocycles. The zero-order valence-electron chi connectivity index (χ0n) is 19.2. The van der Waals surface area contributed by atoms with E-state index in [0.29, 0.717) is 29.6 Å². The van der Waals surface area contributed by atoms with Gasteiger partial charge in [0, 0.05) is 57.9 Å². The maximum Gasteiger partial charge on any atom is 0.416 e. The molecule has 0 unspecified atom stereocenters. The standard InChI is InChI=1S/C22H25F3N8OS/c1-26-19-27-6-5-17(30-19)18-12-28-21(35-18)31-20(34)29-15-4-3-14(16(11-15)22(23,24)25)13-33-9-7-32(2)8-10-33/h3-6,11-12H,7-10,13H2,1-2H3,(H,26,27,30)(H2,28,29,31,34). The molecule has 2 amide bonds. The Morgan fingerprint density at radius 3 is 2.60 bits per heavy atom. The number of nitrogens with zero attached hydrogens (tertiary/aromatic N) is 5. The number of piperazine rings is 1. The van der Waals surface area contributed by atoms with E-state index in [4.69, 9.17) is 0 Å². The lowest BCUT2D eigenvalue weighted by Crippen LogP contribution is -2.44. The minimum atomic E-state index is -4.54. The predicted molar refractivity (Wildman–Crippen MR) is 130 cm³/mol. The van der Waals surface area contributed by atoms with Crippen molar-refractivity contribution in [2.75, 3.05) is 56.2 Å². The zero-order chi connectivity index (χ0) is 25.0. The van der Waals surface area contributed by atoms with E-state index in [1.807, 2.05) is 11.9 Å². The monoisotopic (exact) mass is 506 g/mol. The number of rotatable bonds is 6. The van der Waals surface area contributed by atoms with Gasteiger partial charge in [-0.05, 0) is 30.8 Å². The average molecular weight is 507 g/mol. The van der Waals surface area contributed by atoms with Crippen molar-refractivity contribution >= 4 is 34.1 Å². The highest BCUT2D eigenvalue weighted by molar-refractivity contribution is 7.19. The topological polar surface area (TPSA) is 98.3 Å². The number of halogens is 3. The summed E-state index contributed by atoms with van der Waals surface area (Å²) in [4.78, 5) is 29.8. The van der Waals surface area contributed by atoms with Crippen LogP contribution < -0.4 is 16.0 Å². The van der Waals surface area contributed by atoms with Crippen LogP contribution in [-0.4, -0.2) is 71.1 Å². The van der Waals surface area contributed by atoms with E-state index in [0.717, 1.165) is 19.2 Å². The summed E-state index contributed by atoms with van der Waals surface area (Å²) < 4.78 is 41.3. The van der Waals surface area contributed by atoms with E-state index in [1.165, 1.54) is 23.5 Å². The van der Waals surface area contributed by atoms with Crippen molar-refractivity contribution < 1.29 is 18.0 Å². The fourth-order valence-corrected chi connectivity index (χ4v) is 4.41. The Morgan fingerprint density at radius 2 is 1.89 bits per heavy atom. The van der Waals surface area contributed by atoms with Crippen LogP contribution in [0.1, 0.15) is 11.1 Å². The van der Waals surface area contributed by atoms with Gasteiger partial charge in [-0.3, -0.25) is 10.2 Å². The Bertz CT molecular complexity index is 1180. The van der Waals surface area contributed by atoms with Gasteiger partial charge in [-0.2, -0.15) is 13.2 Å². The van der Waals surface area contributed by atoms with Gasteiger partial charge in [-0.1, -0.05) is 17.4 Å². The quantitative estimate of drug-likeness (QED) is 0.464. The van der Waals surface area contributed by atoms with Crippen LogP contribution in [-0.2, 0) is 12.7 Å². The summed E-state index contributed by atoms with van der Waals surface area (Å²) in [7, 11) is 3.69. The first-order valence-electron chi connectivity index (χ1n) is 10.9. The molecule has 1 aromatic carbocycles. The van der Waals surface area contributed by atoms with E-state index < -0.39 is 17.8 Å². The number of anilines is 3. The van der Waals surface area contributed by atoms with Gasteiger partial charge >= 0.3 is 12.2 Å². The maximum atomic E-state index is 13.8. The van der Waals surface area contributed by atoms with Crippen molar-refractivity contribution in [1.82, 2.24) is 24.8 Å². The molecule has 2 aromatic heterocycles. The smallest absolute Gasteiger partial charge is 0.357 e. The largest absolute Gasteiger partial charge is 0.416 e. The van der Waals surface area contributed by atoms with Crippen molar-refractivity contribution in [1.29, 1.82) is 0 Å². The molecule has 0 spiro atoms. The Labute approximate surface area is 204 Å². The molecule has 0 bridgehead atoms. The first-order valence-corrected chi connectivity index (χ1v) is 11.7. The van der Waals surface area contributed by atoms with Crippen LogP contribution in [0.15, 0.2) is 36.7 Å². The molecule has 3 N–H and O–H groups in total. The number of hydrogen-bond donors (Lipinski definition) is 3. The van der Waals surface area contributed by atoms with Crippen LogP contribution in [0, 0.1) is 0 Å². The number of likely N-dealkylation sites (N-methyl/N-ethyl adjacent to an activating group) is 1. The summed E-state index contributed by atoms with van der Waals surface area (Å²) in [5.74, 6) is 0.444. The van der Waals surface area contributed by atoms with Crippen LogP contribution in [0.5, 0.6) is 0 Å². The highest BCUT2D eigenvalue weighted by Gasteiger charge is 2.34. The Morgan fingerprint density at radius 1 is 1.11 bits per heavy atom. The molecule has 1 aliphatic rings. The maximum absolute atomic E-state index is 13.8. The minimum absolute atomic E-state index is 0.0446. The number of alkyl halides is 3. The van der Waals surface area contributed by atoms with Gasteiger partial charge in [0.2, 0.25) is 5.95 Å². The summed E-state index contributed by atoms with van der Waals surface area (Å²) in [6.07, 6.45) is -1.39. The number of benzene rings is 1. The Balaban J connectivity index is 1.43. The summed E-state index contributed by atoms with van der Waals surface area (Å²) in [5, 5.41) is 8.15. The van der Waals surface area contributed by atoms with Crippen molar-refractivity contribution in [3.8, 4) is 10.6 Å². The van der Waals surface area contributed by atoms with Gasteiger partial charge in [-0.25, -0.2) is 19.7 Å². The van der Waals surface area contributed by atoms with Crippen molar-refractivity contribution in [2.24, 2.45) is 0 Å². The highest BCUT2D eigenvalue weighted by atomic mass is 32.1. The van der Waals surface area contributed by atoms with E-state index >= 15 is 0 Å². The highest BCUT2D eigenvalue weighted by Crippen LogP contribution is 2.35. The van der Waals surface area contributed by atoms with Crippen LogP contribution in [0.2, 0.25) is 0 Å². The van der Waals surface area contributed by atoms with Crippen LogP contribution >= 0.6 is 11.3 Å². The molecule has 9 nitrogen and oxygen atoms in total. The van der Waals surface area contributed by atoms with Gasteiger partial charge in [0.15, 0.2) is 5.13 Å². The van der Waals surface area contributed by atoms with E-state index in [-0.39, 0.29) is 22.9 Å². The molecule has 13 heteroatoms. The van der Waals surface area contributed by atoms with E-state index in [1.54, 1.807) is 25.5 Å². The van der Waals surface area contributed by atoms with Gasteiger partial charge in [0.25, 0.3) is 0 Å². The molecule has 35 heavy (non-hydrogen) atoms. The predicted octanol–water partition coefficient (Wildman–Crippen LogP) is 4.05. The first kappa shape index (κ1) is 24.8. The van der Waals surface area contributed by atoms with Gasteiger partial charge in [0.1, 0.15) is 0 Å². The van der Waals surface area contributed by atoms with Crippen LogP contribution in [0.25, 0.3) is 10.6 Å². The molecular formula is C22H25F3N8OS. The second-order valence-electron chi connectivity index (χ2n) is 8.07. The molecule has 1 aliphatic heterocycles. The zero-order valence-corrected chi connectivity index (χ0v) is 20.0. The second-order valence-corrected chi connectivity index (χ2v) is 9.10. The summed E-state index contributed by atoms with van der Waals surface area (Å²) in [6, 6.07) is 4.89. The number of amides is 2. The van der Waals surface area contributed by atoms with Crippen molar-refractivity contribution in [2.45, 2.75) is 12.7 Å². The molecule has 0 atom stereocenters. The molecule has 186 valence electrons. The number of aromatic nitrogens is 3. The molecule has 4 rings (SSSR count). The third kappa shape index (κ3) is 6.44. The molecule has 3 aromatic rings. The fourth-order valence-electron chi connectivity index (χ4n) is 3.63. The lowest BCUT2D eigenvalue weighted by molar-refractivity contribution is -0.138. The van der Waals surface area contributed by atoms with Crippen molar-refractivity contribution in [3.05, 3.63) is 47.8 Å². The number of urea groups is 1. The molecule has 0 saturated carbocycles. The van der Waals surface area contributed by atoms with Gasteiger partial charge < -0.3 is 15.5 Å². The second kappa shape index (κ2) is 10.5.